The van der Waals surface area contributed by atoms with E-state index in [1.807, 2.05) is 11.2 Å². The number of hydrogen-bond donors (Lipinski definition) is 1. The maximum atomic E-state index is 12.8. The molecular formula is C20H24ClN3O3S2. The van der Waals surface area contributed by atoms with Gasteiger partial charge in [-0.15, -0.1) is 11.8 Å². The molecular weight excluding hydrogens is 430 g/mol. The Bertz CT molecular complexity index is 961. The average molecular weight is 454 g/mol. The van der Waals surface area contributed by atoms with Crippen molar-refractivity contribution in [3.63, 3.8) is 0 Å². The molecule has 0 bridgehead atoms. The van der Waals surface area contributed by atoms with Crippen LogP contribution in [0.1, 0.15) is 28.8 Å². The topological polar surface area (TPSA) is 79.4 Å². The van der Waals surface area contributed by atoms with Gasteiger partial charge in [0.25, 0.3) is 5.91 Å². The minimum atomic E-state index is -3.43. The molecule has 0 saturated carbocycles. The zero-order valence-corrected chi connectivity index (χ0v) is 18.6. The van der Waals surface area contributed by atoms with Crippen LogP contribution in [-0.4, -0.2) is 50.1 Å². The fourth-order valence-corrected chi connectivity index (χ4v) is 5.33. The van der Waals surface area contributed by atoms with Crippen molar-refractivity contribution in [1.29, 1.82) is 0 Å². The van der Waals surface area contributed by atoms with Crippen molar-refractivity contribution in [3.8, 4) is 0 Å². The highest BCUT2D eigenvalue weighted by Crippen LogP contribution is 2.23. The van der Waals surface area contributed by atoms with E-state index in [1.54, 1.807) is 42.6 Å². The summed E-state index contributed by atoms with van der Waals surface area (Å²) >= 11 is 7.38. The number of pyridine rings is 1. The molecule has 2 aromatic rings. The zero-order chi connectivity index (χ0) is 20.9. The summed E-state index contributed by atoms with van der Waals surface area (Å²) in [6.07, 6.45) is 5.12. The third-order valence-corrected chi connectivity index (χ3v) is 7.20. The minimum Gasteiger partial charge on any atom is -0.339 e. The third-order valence-electron chi connectivity index (χ3n) is 4.93. The van der Waals surface area contributed by atoms with E-state index in [9.17, 15) is 13.2 Å². The molecule has 0 unspecified atom stereocenters. The van der Waals surface area contributed by atoms with Crippen LogP contribution in [0.25, 0.3) is 0 Å². The lowest BCUT2D eigenvalue weighted by atomic mass is 9.97. The number of halogens is 1. The average Bonchev–Trinajstić information content (AvgIpc) is 2.72. The molecule has 1 aliphatic heterocycles. The molecule has 0 aliphatic carbocycles. The second-order valence-corrected chi connectivity index (χ2v) is 10.1. The molecule has 1 amide bonds. The number of amides is 1. The van der Waals surface area contributed by atoms with E-state index in [4.69, 9.17) is 11.6 Å². The molecule has 0 spiro atoms. The Morgan fingerprint density at radius 3 is 2.72 bits per heavy atom. The van der Waals surface area contributed by atoms with Gasteiger partial charge in [-0.2, -0.15) is 0 Å². The number of hydrogen-bond acceptors (Lipinski definition) is 5. The lowest BCUT2D eigenvalue weighted by Crippen LogP contribution is -2.41. The van der Waals surface area contributed by atoms with Crippen molar-refractivity contribution in [2.45, 2.75) is 23.6 Å². The Labute approximate surface area is 181 Å². The summed E-state index contributed by atoms with van der Waals surface area (Å²) in [5.74, 6) is 0.105. The van der Waals surface area contributed by atoms with E-state index in [0.29, 0.717) is 35.8 Å². The number of benzene rings is 1. The van der Waals surface area contributed by atoms with Crippen LogP contribution in [0, 0.1) is 5.92 Å². The summed E-state index contributed by atoms with van der Waals surface area (Å²) < 4.78 is 27.4. The Hall–Kier alpha value is -1.61. The fourth-order valence-electron chi connectivity index (χ4n) is 3.37. The zero-order valence-electron chi connectivity index (χ0n) is 16.2. The number of sulfonamides is 1. The van der Waals surface area contributed by atoms with Gasteiger partial charge in [0.1, 0.15) is 5.03 Å². The Morgan fingerprint density at radius 2 is 2.03 bits per heavy atom. The Kier molecular flexibility index (Phi) is 7.56. The third kappa shape index (κ3) is 6.18. The maximum Gasteiger partial charge on any atom is 0.256 e. The van der Waals surface area contributed by atoms with Crippen LogP contribution in [0.3, 0.4) is 0 Å². The van der Waals surface area contributed by atoms with Crippen LogP contribution in [0.4, 0.5) is 0 Å². The molecule has 1 N–H and O–H groups in total. The van der Waals surface area contributed by atoms with Gasteiger partial charge in [-0.25, -0.2) is 18.1 Å². The minimum absolute atomic E-state index is 0.0116. The SMILES string of the molecule is CSc1ncccc1C(=O)N1CCC(CNS(=O)(=O)Cc2cccc(Cl)c2)CC1. The molecule has 1 fully saturated rings. The van der Waals surface area contributed by atoms with Gasteiger partial charge in [-0.05, 0) is 54.8 Å². The van der Waals surface area contributed by atoms with Crippen molar-refractivity contribution in [3.05, 3.63) is 58.7 Å². The molecule has 1 aromatic heterocycles. The number of carbonyl (C=O) groups is 1. The standard InChI is InChI=1S/C20H24ClN3O3S2/c1-28-19-18(6-3-9-22-19)20(25)24-10-7-15(8-11-24)13-23-29(26,27)14-16-4-2-5-17(21)12-16/h2-6,9,12,15,23H,7-8,10-11,13-14H2,1H3. The highest BCUT2D eigenvalue weighted by atomic mass is 35.5. The summed E-state index contributed by atoms with van der Waals surface area (Å²) in [7, 11) is -3.43. The molecule has 2 heterocycles. The summed E-state index contributed by atoms with van der Waals surface area (Å²) in [4.78, 5) is 18.9. The number of piperidine rings is 1. The van der Waals surface area contributed by atoms with Crippen LogP contribution < -0.4 is 4.72 Å². The predicted octanol–water partition coefficient (Wildman–Crippen LogP) is 3.43. The molecule has 1 saturated heterocycles. The van der Waals surface area contributed by atoms with Gasteiger partial charge in [0, 0.05) is 30.9 Å². The first-order valence-electron chi connectivity index (χ1n) is 9.38. The molecule has 9 heteroatoms. The van der Waals surface area contributed by atoms with Gasteiger partial charge in [0.15, 0.2) is 0 Å². The summed E-state index contributed by atoms with van der Waals surface area (Å²) in [5.41, 5.74) is 1.28. The Balaban J connectivity index is 1.50. The van der Waals surface area contributed by atoms with Crippen LogP contribution in [0.2, 0.25) is 5.02 Å². The van der Waals surface area contributed by atoms with Gasteiger partial charge in [0.05, 0.1) is 11.3 Å². The second kappa shape index (κ2) is 9.93. The molecule has 0 atom stereocenters. The van der Waals surface area contributed by atoms with Gasteiger partial charge >= 0.3 is 0 Å². The number of likely N-dealkylation sites (tertiary alicyclic amines) is 1. The number of nitrogens with one attached hydrogen (secondary N) is 1. The number of rotatable bonds is 7. The van der Waals surface area contributed by atoms with E-state index in [-0.39, 0.29) is 17.6 Å². The first kappa shape index (κ1) is 22.1. The first-order valence-corrected chi connectivity index (χ1v) is 12.6. The lowest BCUT2D eigenvalue weighted by molar-refractivity contribution is 0.0687. The molecule has 3 rings (SSSR count). The lowest BCUT2D eigenvalue weighted by Gasteiger charge is -2.32. The predicted molar refractivity (Wildman–Crippen MR) is 117 cm³/mol. The van der Waals surface area contributed by atoms with Crippen molar-refractivity contribution >= 4 is 39.3 Å². The highest BCUT2D eigenvalue weighted by Gasteiger charge is 2.26. The van der Waals surface area contributed by atoms with Crippen molar-refractivity contribution in [2.75, 3.05) is 25.9 Å². The number of thioether (sulfide) groups is 1. The van der Waals surface area contributed by atoms with Crippen LogP contribution in [0.15, 0.2) is 47.6 Å². The quantitative estimate of drug-likeness (QED) is 0.649. The van der Waals surface area contributed by atoms with Crippen molar-refractivity contribution in [2.24, 2.45) is 5.92 Å². The van der Waals surface area contributed by atoms with Gasteiger partial charge in [-0.3, -0.25) is 4.79 Å². The molecule has 29 heavy (non-hydrogen) atoms. The monoisotopic (exact) mass is 453 g/mol. The Morgan fingerprint density at radius 1 is 1.28 bits per heavy atom. The smallest absolute Gasteiger partial charge is 0.256 e. The van der Waals surface area contributed by atoms with E-state index in [1.165, 1.54) is 11.8 Å². The fraction of sp³-hybridized carbons (Fsp3) is 0.400. The van der Waals surface area contributed by atoms with Gasteiger partial charge in [0.2, 0.25) is 10.0 Å². The second-order valence-electron chi connectivity index (χ2n) is 7.03. The summed E-state index contributed by atoms with van der Waals surface area (Å²) in [6.45, 7) is 1.61. The normalized spacial score (nSPS) is 15.4. The van der Waals surface area contributed by atoms with E-state index in [2.05, 4.69) is 9.71 Å². The summed E-state index contributed by atoms with van der Waals surface area (Å²) in [6, 6.07) is 10.4. The van der Waals surface area contributed by atoms with E-state index >= 15 is 0 Å². The van der Waals surface area contributed by atoms with Gasteiger partial charge < -0.3 is 4.90 Å². The molecule has 1 aromatic carbocycles. The maximum absolute atomic E-state index is 12.8. The van der Waals surface area contributed by atoms with Crippen LogP contribution >= 0.6 is 23.4 Å². The van der Waals surface area contributed by atoms with Crippen LogP contribution in [0.5, 0.6) is 0 Å². The number of carbonyl (C=O) groups excluding carboxylic acids is 1. The molecule has 6 nitrogen and oxygen atoms in total. The van der Waals surface area contributed by atoms with E-state index in [0.717, 1.165) is 17.9 Å². The van der Waals surface area contributed by atoms with Gasteiger partial charge in [-0.1, -0.05) is 23.7 Å². The largest absolute Gasteiger partial charge is 0.339 e. The molecule has 156 valence electrons. The van der Waals surface area contributed by atoms with E-state index < -0.39 is 10.0 Å². The number of aromatic nitrogens is 1. The molecule has 1 aliphatic rings. The molecule has 0 radical (unpaired) electrons. The number of nitrogens with zero attached hydrogens (tertiary/aromatic N) is 2. The van der Waals surface area contributed by atoms with Crippen molar-refractivity contribution in [1.82, 2.24) is 14.6 Å². The van der Waals surface area contributed by atoms with Crippen LogP contribution in [-0.2, 0) is 15.8 Å². The van der Waals surface area contributed by atoms with Crippen molar-refractivity contribution < 1.29 is 13.2 Å². The summed E-state index contributed by atoms with van der Waals surface area (Å²) in [5, 5.41) is 1.25. The highest BCUT2D eigenvalue weighted by molar-refractivity contribution is 7.98. The first-order chi connectivity index (χ1) is 13.9.